The summed E-state index contributed by atoms with van der Waals surface area (Å²) in [5.41, 5.74) is 1.20. The molecule has 2 rings (SSSR count). The van der Waals surface area contributed by atoms with E-state index in [0.29, 0.717) is 10.6 Å². The molecule has 0 unspecified atom stereocenters. The fourth-order valence-corrected chi connectivity index (χ4v) is 2.84. The molecule has 6 heteroatoms. The number of aryl methyl sites for hydroxylation is 1. The van der Waals surface area contributed by atoms with Gasteiger partial charge in [-0.3, -0.25) is 4.79 Å². The number of ether oxygens (including phenoxy) is 2. The van der Waals surface area contributed by atoms with Crippen molar-refractivity contribution < 1.29 is 19.1 Å². The van der Waals surface area contributed by atoms with Crippen molar-refractivity contribution in [2.24, 2.45) is 0 Å². The molecular formula is C17H17NO4S. The largest absolute Gasteiger partial charge is 0.497 e. The molecule has 0 aliphatic heterocycles. The van der Waals surface area contributed by atoms with Crippen molar-refractivity contribution in [2.75, 3.05) is 19.5 Å². The van der Waals surface area contributed by atoms with E-state index in [4.69, 9.17) is 9.47 Å². The van der Waals surface area contributed by atoms with Crippen LogP contribution in [0.15, 0.2) is 36.4 Å². The molecule has 0 spiro atoms. The maximum Gasteiger partial charge on any atom is 0.340 e. The number of carbonyl (C=O) groups excluding carboxylic acids is 2. The summed E-state index contributed by atoms with van der Waals surface area (Å²) in [6.07, 6.45) is 3.08. The lowest BCUT2D eigenvalue weighted by Gasteiger charge is -2.03. The zero-order valence-corrected chi connectivity index (χ0v) is 13.9. The standard InChI is InChI=1S/C17H17NO4S/c1-11-9-14(17(20)22-3)16(23-11)18-15(19)8-7-12-5-4-6-13(10-12)21-2/h4-10H,1-3H3,(H,18,19)/b8-7+. The van der Waals surface area contributed by atoms with Crippen LogP contribution in [0.1, 0.15) is 20.8 Å². The van der Waals surface area contributed by atoms with E-state index >= 15 is 0 Å². The third-order valence-corrected chi connectivity index (χ3v) is 3.98. The Morgan fingerprint density at radius 2 is 2.00 bits per heavy atom. The maximum absolute atomic E-state index is 12.0. The van der Waals surface area contributed by atoms with Gasteiger partial charge < -0.3 is 14.8 Å². The van der Waals surface area contributed by atoms with Gasteiger partial charge in [-0.15, -0.1) is 11.3 Å². The van der Waals surface area contributed by atoms with Crippen LogP contribution in [0.2, 0.25) is 0 Å². The molecule has 2 aromatic rings. The predicted molar refractivity (Wildman–Crippen MR) is 91.1 cm³/mol. The first-order valence-electron chi connectivity index (χ1n) is 6.85. The van der Waals surface area contributed by atoms with Gasteiger partial charge in [0.25, 0.3) is 0 Å². The normalized spacial score (nSPS) is 10.6. The number of methoxy groups -OCH3 is 2. The predicted octanol–water partition coefficient (Wildman–Crippen LogP) is 3.50. The van der Waals surface area contributed by atoms with Crippen molar-refractivity contribution in [3.63, 3.8) is 0 Å². The number of nitrogens with one attached hydrogen (secondary N) is 1. The number of hydrogen-bond acceptors (Lipinski definition) is 5. The Hall–Kier alpha value is -2.60. The van der Waals surface area contributed by atoms with Gasteiger partial charge in [-0.25, -0.2) is 4.79 Å². The second-order valence-corrected chi connectivity index (χ2v) is 5.95. The van der Waals surface area contributed by atoms with E-state index in [0.717, 1.165) is 16.2 Å². The summed E-state index contributed by atoms with van der Waals surface area (Å²) in [6, 6.07) is 9.04. The van der Waals surface area contributed by atoms with E-state index in [9.17, 15) is 9.59 Å². The number of anilines is 1. The summed E-state index contributed by atoms with van der Waals surface area (Å²) in [7, 11) is 2.90. The summed E-state index contributed by atoms with van der Waals surface area (Å²) >= 11 is 1.33. The Kier molecular flexibility index (Phi) is 5.54. The topological polar surface area (TPSA) is 64.6 Å². The third kappa shape index (κ3) is 4.43. The zero-order valence-electron chi connectivity index (χ0n) is 13.1. The molecule has 120 valence electrons. The molecule has 5 nitrogen and oxygen atoms in total. The molecule has 0 fully saturated rings. The highest BCUT2D eigenvalue weighted by atomic mass is 32.1. The molecular weight excluding hydrogens is 314 g/mol. The molecule has 0 radical (unpaired) electrons. The lowest BCUT2D eigenvalue weighted by atomic mass is 10.2. The van der Waals surface area contributed by atoms with Crippen molar-refractivity contribution in [1.29, 1.82) is 0 Å². The van der Waals surface area contributed by atoms with Gasteiger partial charge in [0.1, 0.15) is 10.8 Å². The third-order valence-electron chi connectivity index (χ3n) is 3.02. The molecule has 1 aromatic heterocycles. The van der Waals surface area contributed by atoms with Crippen LogP contribution in [0.4, 0.5) is 5.00 Å². The molecule has 1 amide bonds. The first-order valence-corrected chi connectivity index (χ1v) is 7.67. The molecule has 0 saturated heterocycles. The highest BCUT2D eigenvalue weighted by Gasteiger charge is 2.16. The van der Waals surface area contributed by atoms with E-state index in [1.807, 2.05) is 31.2 Å². The van der Waals surface area contributed by atoms with Crippen LogP contribution in [0.25, 0.3) is 6.08 Å². The molecule has 1 heterocycles. The second-order valence-electron chi connectivity index (χ2n) is 4.69. The van der Waals surface area contributed by atoms with E-state index in [-0.39, 0.29) is 5.91 Å². The van der Waals surface area contributed by atoms with Gasteiger partial charge in [0, 0.05) is 11.0 Å². The van der Waals surface area contributed by atoms with Crippen LogP contribution in [0.5, 0.6) is 5.75 Å². The van der Waals surface area contributed by atoms with Crippen LogP contribution in [0, 0.1) is 6.92 Å². The number of hydrogen-bond donors (Lipinski definition) is 1. The molecule has 23 heavy (non-hydrogen) atoms. The van der Waals surface area contributed by atoms with Crippen LogP contribution in [0.3, 0.4) is 0 Å². The number of thiophene rings is 1. The number of esters is 1. The molecule has 1 aromatic carbocycles. The van der Waals surface area contributed by atoms with Gasteiger partial charge in [-0.2, -0.15) is 0 Å². The first kappa shape index (κ1) is 16.8. The number of rotatable bonds is 5. The van der Waals surface area contributed by atoms with Gasteiger partial charge in [0.15, 0.2) is 0 Å². The Bertz CT molecular complexity index is 749. The Labute approximate surface area is 138 Å². The second kappa shape index (κ2) is 7.60. The number of carbonyl (C=O) groups is 2. The fraction of sp³-hybridized carbons (Fsp3) is 0.176. The van der Waals surface area contributed by atoms with Crippen molar-refractivity contribution in [1.82, 2.24) is 0 Å². The molecule has 0 bridgehead atoms. The molecule has 1 N–H and O–H groups in total. The number of amides is 1. The van der Waals surface area contributed by atoms with Crippen LogP contribution < -0.4 is 10.1 Å². The van der Waals surface area contributed by atoms with E-state index in [2.05, 4.69) is 5.32 Å². The Morgan fingerprint density at radius 1 is 1.22 bits per heavy atom. The SMILES string of the molecule is COC(=O)c1cc(C)sc1NC(=O)/C=C/c1cccc(OC)c1. The Balaban J connectivity index is 2.10. The van der Waals surface area contributed by atoms with Gasteiger partial charge in [0.05, 0.1) is 19.8 Å². The monoisotopic (exact) mass is 331 g/mol. The smallest absolute Gasteiger partial charge is 0.340 e. The average Bonchev–Trinajstić information content (AvgIpc) is 2.92. The van der Waals surface area contributed by atoms with E-state index in [1.54, 1.807) is 19.3 Å². The lowest BCUT2D eigenvalue weighted by molar-refractivity contribution is -0.111. The summed E-state index contributed by atoms with van der Waals surface area (Å²) in [4.78, 5) is 24.6. The van der Waals surface area contributed by atoms with E-state index in [1.165, 1.54) is 24.5 Å². The fourth-order valence-electron chi connectivity index (χ4n) is 1.94. The zero-order chi connectivity index (χ0) is 16.8. The minimum absolute atomic E-state index is 0.320. The van der Waals surface area contributed by atoms with Gasteiger partial charge in [-0.05, 0) is 36.8 Å². The van der Waals surface area contributed by atoms with Gasteiger partial charge in [-0.1, -0.05) is 12.1 Å². The lowest BCUT2D eigenvalue weighted by Crippen LogP contribution is -2.10. The highest BCUT2D eigenvalue weighted by molar-refractivity contribution is 7.16. The minimum atomic E-state index is -0.471. The van der Waals surface area contributed by atoms with Crippen molar-refractivity contribution in [3.8, 4) is 5.75 Å². The molecule has 0 aliphatic carbocycles. The maximum atomic E-state index is 12.0. The molecule has 0 saturated carbocycles. The van der Waals surface area contributed by atoms with Crippen molar-refractivity contribution in [2.45, 2.75) is 6.92 Å². The quantitative estimate of drug-likeness (QED) is 0.673. The number of benzene rings is 1. The van der Waals surface area contributed by atoms with Crippen molar-refractivity contribution >= 4 is 34.3 Å². The minimum Gasteiger partial charge on any atom is -0.497 e. The summed E-state index contributed by atoms with van der Waals surface area (Å²) < 4.78 is 9.84. The first-order chi connectivity index (χ1) is 11.0. The summed E-state index contributed by atoms with van der Waals surface area (Å²) in [5, 5.41) is 3.19. The van der Waals surface area contributed by atoms with E-state index < -0.39 is 5.97 Å². The summed E-state index contributed by atoms with van der Waals surface area (Å²) in [5.74, 6) is -0.0735. The van der Waals surface area contributed by atoms with Gasteiger partial charge in [0.2, 0.25) is 5.91 Å². The Morgan fingerprint density at radius 3 is 2.70 bits per heavy atom. The average molecular weight is 331 g/mol. The van der Waals surface area contributed by atoms with Gasteiger partial charge >= 0.3 is 5.97 Å². The van der Waals surface area contributed by atoms with Crippen LogP contribution in [-0.4, -0.2) is 26.1 Å². The van der Waals surface area contributed by atoms with Crippen molar-refractivity contribution in [3.05, 3.63) is 52.4 Å². The van der Waals surface area contributed by atoms with Crippen LogP contribution in [-0.2, 0) is 9.53 Å². The summed E-state index contributed by atoms with van der Waals surface area (Å²) in [6.45, 7) is 1.86. The van der Waals surface area contributed by atoms with Crippen LogP contribution >= 0.6 is 11.3 Å². The highest BCUT2D eigenvalue weighted by Crippen LogP contribution is 2.28. The molecule has 0 atom stereocenters. The molecule has 0 aliphatic rings.